The molecular weight excluding hydrogens is 454 g/mol. The molecule has 2 heterocycles. The summed E-state index contributed by atoms with van der Waals surface area (Å²) in [5, 5.41) is 0.851. The van der Waals surface area contributed by atoms with Gasteiger partial charge in [-0.3, -0.25) is 4.90 Å². The number of methoxy groups -OCH3 is 1. The third kappa shape index (κ3) is 3.82. The number of benzene rings is 2. The summed E-state index contributed by atoms with van der Waals surface area (Å²) in [6, 6.07) is 12.4. The zero-order valence-corrected chi connectivity index (χ0v) is 18.9. The number of halogens is 1. The van der Waals surface area contributed by atoms with Gasteiger partial charge >= 0.3 is 0 Å². The van der Waals surface area contributed by atoms with E-state index in [-0.39, 0.29) is 4.90 Å². The Hall–Kier alpha value is -1.87. The molecule has 0 spiro atoms. The molecule has 1 fully saturated rings. The Labute approximate surface area is 179 Å². The smallest absolute Gasteiger partial charge is 0.269 e. The van der Waals surface area contributed by atoms with Crippen LogP contribution in [0, 0.1) is 0 Å². The summed E-state index contributed by atoms with van der Waals surface area (Å²) in [6.45, 7) is 4.60. The number of rotatable bonds is 5. The molecule has 0 atom stereocenters. The van der Waals surface area contributed by atoms with Crippen LogP contribution in [0.3, 0.4) is 0 Å². The van der Waals surface area contributed by atoms with E-state index in [1.165, 1.54) is 3.97 Å². The largest absolute Gasteiger partial charge is 0.496 e. The van der Waals surface area contributed by atoms with Crippen molar-refractivity contribution in [2.24, 2.45) is 0 Å². The maximum absolute atomic E-state index is 13.5. The topological polar surface area (TPSA) is 54.8 Å². The average molecular weight is 478 g/mol. The highest BCUT2D eigenvalue weighted by atomic mass is 79.9. The average Bonchev–Trinajstić information content (AvgIpc) is 3.09. The number of ether oxygens (including phenoxy) is 1. The van der Waals surface area contributed by atoms with Crippen LogP contribution in [0.4, 0.5) is 0 Å². The first-order valence-corrected chi connectivity index (χ1v) is 11.7. The van der Waals surface area contributed by atoms with E-state index in [9.17, 15) is 8.42 Å². The lowest BCUT2D eigenvalue weighted by molar-refractivity contribution is 0.148. The predicted molar refractivity (Wildman–Crippen MR) is 118 cm³/mol. The zero-order chi connectivity index (χ0) is 20.6. The van der Waals surface area contributed by atoms with Crippen LogP contribution < -0.4 is 4.74 Å². The molecule has 0 aliphatic carbocycles. The molecular formula is C21H24BrN3O3S. The molecule has 0 bridgehead atoms. The van der Waals surface area contributed by atoms with E-state index < -0.39 is 10.0 Å². The standard InChI is InChI=1S/C21H24BrN3O3S/c1-23-10-12-24(13-11-23)14-16-15-25(18-7-5-8-19(28-2)21(16)18)29(26,27)20-9-4-3-6-17(20)22/h3-9,15H,10-14H2,1-2H3. The van der Waals surface area contributed by atoms with Crippen molar-refractivity contribution in [3.8, 4) is 5.75 Å². The molecule has 0 N–H and O–H groups in total. The van der Waals surface area contributed by atoms with Crippen LogP contribution in [-0.4, -0.2) is 62.5 Å². The molecule has 154 valence electrons. The van der Waals surface area contributed by atoms with Crippen LogP contribution in [0.25, 0.3) is 10.9 Å². The fourth-order valence-electron chi connectivity index (χ4n) is 3.80. The van der Waals surface area contributed by atoms with Crippen LogP contribution in [0.15, 0.2) is 58.0 Å². The minimum absolute atomic E-state index is 0.242. The highest BCUT2D eigenvalue weighted by Crippen LogP contribution is 2.35. The van der Waals surface area contributed by atoms with E-state index in [0.717, 1.165) is 37.1 Å². The molecule has 0 saturated carbocycles. The van der Waals surface area contributed by atoms with Gasteiger partial charge in [-0.05, 0) is 52.8 Å². The van der Waals surface area contributed by atoms with Crippen LogP contribution in [-0.2, 0) is 16.6 Å². The summed E-state index contributed by atoms with van der Waals surface area (Å²) in [5.41, 5.74) is 1.59. The van der Waals surface area contributed by atoms with Crippen LogP contribution in [0.5, 0.6) is 5.75 Å². The van der Waals surface area contributed by atoms with Crippen LogP contribution in [0.2, 0.25) is 0 Å². The maximum atomic E-state index is 13.5. The number of hydrogen-bond acceptors (Lipinski definition) is 5. The number of nitrogens with zero attached hydrogens (tertiary/aromatic N) is 3. The Morgan fingerprint density at radius 1 is 1.03 bits per heavy atom. The summed E-state index contributed by atoms with van der Waals surface area (Å²) < 4.78 is 34.5. The van der Waals surface area contributed by atoms with Gasteiger partial charge in [-0.25, -0.2) is 12.4 Å². The molecule has 1 saturated heterocycles. The first-order valence-electron chi connectivity index (χ1n) is 9.50. The summed E-state index contributed by atoms with van der Waals surface area (Å²) >= 11 is 3.38. The second-order valence-electron chi connectivity index (χ2n) is 7.32. The Morgan fingerprint density at radius 2 is 1.76 bits per heavy atom. The molecule has 0 amide bonds. The predicted octanol–water partition coefficient (Wildman–Crippen LogP) is 3.40. The molecule has 2 aromatic carbocycles. The van der Waals surface area contributed by atoms with Crippen molar-refractivity contribution in [2.45, 2.75) is 11.4 Å². The molecule has 3 aromatic rings. The van der Waals surface area contributed by atoms with Gasteiger partial charge in [0.05, 0.1) is 12.6 Å². The molecule has 4 rings (SSSR count). The summed E-state index contributed by atoms with van der Waals surface area (Å²) in [6.07, 6.45) is 1.75. The van der Waals surface area contributed by atoms with Crippen molar-refractivity contribution < 1.29 is 13.2 Å². The minimum atomic E-state index is -3.76. The van der Waals surface area contributed by atoms with E-state index >= 15 is 0 Å². The van der Waals surface area contributed by atoms with Crippen molar-refractivity contribution in [3.05, 3.63) is 58.7 Å². The SMILES string of the molecule is COc1cccc2c1c(CN1CCN(C)CC1)cn2S(=O)(=O)c1ccccc1Br. The number of likely N-dealkylation sites (N-methyl/N-ethyl adjacent to an activating group) is 1. The fourth-order valence-corrected chi connectivity index (χ4v) is 6.15. The monoisotopic (exact) mass is 477 g/mol. The Bertz CT molecular complexity index is 1140. The van der Waals surface area contributed by atoms with E-state index in [1.807, 2.05) is 18.2 Å². The molecule has 29 heavy (non-hydrogen) atoms. The van der Waals surface area contributed by atoms with Gasteiger partial charge in [-0.15, -0.1) is 0 Å². The first-order chi connectivity index (χ1) is 13.9. The van der Waals surface area contributed by atoms with Crippen molar-refractivity contribution in [3.63, 3.8) is 0 Å². The van der Waals surface area contributed by atoms with E-state index in [4.69, 9.17) is 4.74 Å². The highest BCUT2D eigenvalue weighted by molar-refractivity contribution is 9.10. The second-order valence-corrected chi connectivity index (χ2v) is 9.96. The highest BCUT2D eigenvalue weighted by Gasteiger charge is 2.26. The molecule has 0 radical (unpaired) electrons. The quantitative estimate of drug-likeness (QED) is 0.563. The normalized spacial score (nSPS) is 16.4. The van der Waals surface area contributed by atoms with Crippen molar-refractivity contribution in [1.82, 2.24) is 13.8 Å². The van der Waals surface area contributed by atoms with Gasteiger partial charge in [-0.1, -0.05) is 18.2 Å². The first kappa shape index (κ1) is 20.4. The number of piperazine rings is 1. The van der Waals surface area contributed by atoms with E-state index in [0.29, 0.717) is 22.3 Å². The lowest BCUT2D eigenvalue weighted by atomic mass is 10.1. The molecule has 1 aliphatic rings. The number of hydrogen-bond donors (Lipinski definition) is 0. The van der Waals surface area contributed by atoms with Gasteiger partial charge in [0.25, 0.3) is 10.0 Å². The number of aromatic nitrogens is 1. The zero-order valence-electron chi connectivity index (χ0n) is 16.5. The van der Waals surface area contributed by atoms with Gasteiger partial charge in [-0.2, -0.15) is 0 Å². The third-order valence-electron chi connectivity index (χ3n) is 5.42. The molecule has 0 unspecified atom stereocenters. The summed E-state index contributed by atoms with van der Waals surface area (Å²) in [4.78, 5) is 4.90. The van der Waals surface area contributed by atoms with Crippen LogP contribution >= 0.6 is 15.9 Å². The third-order valence-corrected chi connectivity index (χ3v) is 8.10. The minimum Gasteiger partial charge on any atom is -0.496 e. The Kier molecular flexibility index (Phi) is 5.70. The lowest BCUT2D eigenvalue weighted by Crippen LogP contribution is -2.43. The van der Waals surface area contributed by atoms with Gasteiger partial charge in [0.2, 0.25) is 0 Å². The van der Waals surface area contributed by atoms with Gasteiger partial charge < -0.3 is 9.64 Å². The second kappa shape index (κ2) is 8.10. The van der Waals surface area contributed by atoms with Gasteiger partial charge in [0.15, 0.2) is 0 Å². The molecule has 8 heteroatoms. The molecule has 6 nitrogen and oxygen atoms in total. The summed E-state index contributed by atoms with van der Waals surface area (Å²) in [5.74, 6) is 0.688. The van der Waals surface area contributed by atoms with Gasteiger partial charge in [0.1, 0.15) is 10.6 Å². The number of fused-ring (bicyclic) bond motifs is 1. The van der Waals surface area contributed by atoms with E-state index in [2.05, 4.69) is 32.8 Å². The maximum Gasteiger partial charge on any atom is 0.269 e. The molecule has 1 aliphatic heterocycles. The Balaban J connectivity index is 1.84. The van der Waals surface area contributed by atoms with E-state index in [1.54, 1.807) is 37.6 Å². The summed E-state index contributed by atoms with van der Waals surface area (Å²) in [7, 11) is -0.0219. The van der Waals surface area contributed by atoms with Crippen LogP contribution in [0.1, 0.15) is 5.56 Å². The van der Waals surface area contributed by atoms with Crippen molar-refractivity contribution in [1.29, 1.82) is 0 Å². The van der Waals surface area contributed by atoms with Gasteiger partial charge in [0, 0.05) is 48.8 Å². The fraction of sp³-hybridized carbons (Fsp3) is 0.333. The molecule has 1 aromatic heterocycles. The lowest BCUT2D eigenvalue weighted by Gasteiger charge is -2.32. The Morgan fingerprint density at radius 3 is 2.45 bits per heavy atom. The van der Waals surface area contributed by atoms with Crippen molar-refractivity contribution >= 4 is 36.9 Å². The van der Waals surface area contributed by atoms with Crippen molar-refractivity contribution in [2.75, 3.05) is 40.3 Å².